The number of nitrogens with one attached hydrogen (secondary N) is 1. The van der Waals surface area contributed by atoms with Crippen LogP contribution in [0.25, 0.3) is 0 Å². The molecule has 8 nitrogen and oxygen atoms in total. The molecule has 4 heterocycles. The van der Waals surface area contributed by atoms with Gasteiger partial charge in [0, 0.05) is 42.1 Å². The lowest BCUT2D eigenvalue weighted by atomic mass is 9.96. The number of piperidine rings is 1. The van der Waals surface area contributed by atoms with Crippen LogP contribution in [-0.2, 0) is 14.8 Å². The Hall–Kier alpha value is -2.14. The first-order chi connectivity index (χ1) is 14.9. The van der Waals surface area contributed by atoms with E-state index in [2.05, 4.69) is 4.72 Å². The SMILES string of the molecule is CC1=C(S(=O)(=O)N2CCC(N3C(=O)OC=C4C(Cl)=CC=CC43)CC2)C2=CNSN2C=C1. The second-order valence-corrected chi connectivity index (χ2v) is 10.8. The molecule has 0 spiro atoms. The molecule has 1 fully saturated rings. The van der Waals surface area contributed by atoms with Crippen molar-refractivity contribution in [2.75, 3.05) is 13.1 Å². The van der Waals surface area contributed by atoms with E-state index in [-0.39, 0.29) is 12.1 Å². The Labute approximate surface area is 190 Å². The molecule has 1 aliphatic carbocycles. The van der Waals surface area contributed by atoms with Crippen LogP contribution in [0.15, 0.2) is 69.7 Å². The number of halogens is 1. The number of amides is 1. The average Bonchev–Trinajstić information content (AvgIpc) is 3.22. The normalized spacial score (nSPS) is 26.7. The van der Waals surface area contributed by atoms with E-state index in [0.717, 1.165) is 5.57 Å². The van der Waals surface area contributed by atoms with Crippen LogP contribution in [0.2, 0.25) is 0 Å². The van der Waals surface area contributed by atoms with Crippen molar-refractivity contribution in [3.05, 3.63) is 69.7 Å². The zero-order valence-corrected chi connectivity index (χ0v) is 19.1. The third-order valence-electron chi connectivity index (χ3n) is 5.98. The quantitative estimate of drug-likeness (QED) is 0.620. The molecule has 5 aliphatic rings. The molecule has 5 rings (SSSR count). The monoisotopic (exact) mass is 480 g/mol. The maximum absolute atomic E-state index is 13.5. The van der Waals surface area contributed by atoms with Gasteiger partial charge in [-0.3, -0.25) is 9.21 Å². The largest absolute Gasteiger partial charge is 0.418 e. The molecule has 0 radical (unpaired) electrons. The number of sulfonamides is 1. The van der Waals surface area contributed by atoms with Crippen LogP contribution in [0.1, 0.15) is 19.8 Å². The molecule has 1 amide bonds. The maximum atomic E-state index is 13.5. The Kier molecular flexibility index (Phi) is 5.20. The minimum Gasteiger partial charge on any atom is -0.418 e. The topological polar surface area (TPSA) is 82.2 Å². The molecule has 4 aliphatic heterocycles. The highest BCUT2D eigenvalue weighted by Crippen LogP contribution is 2.39. The number of carbonyl (C=O) groups is 1. The van der Waals surface area contributed by atoms with Gasteiger partial charge in [0.05, 0.1) is 23.9 Å². The summed E-state index contributed by atoms with van der Waals surface area (Å²) in [5.74, 6) is 0. The summed E-state index contributed by atoms with van der Waals surface area (Å²) in [5.41, 5.74) is 2.08. The van der Waals surface area contributed by atoms with Crippen molar-refractivity contribution in [3.8, 4) is 0 Å². The van der Waals surface area contributed by atoms with Crippen molar-refractivity contribution in [1.29, 1.82) is 0 Å². The minimum absolute atomic E-state index is 0.138. The number of rotatable bonds is 3. The molecule has 0 aromatic heterocycles. The first kappa shape index (κ1) is 20.7. The fourth-order valence-electron chi connectivity index (χ4n) is 4.43. The van der Waals surface area contributed by atoms with E-state index >= 15 is 0 Å². The number of cyclic esters (lactones) is 1. The van der Waals surface area contributed by atoms with Gasteiger partial charge in [-0.15, -0.1) is 0 Å². The van der Waals surface area contributed by atoms with Gasteiger partial charge in [-0.2, -0.15) is 4.31 Å². The van der Waals surface area contributed by atoms with Gasteiger partial charge in [-0.25, -0.2) is 13.2 Å². The zero-order chi connectivity index (χ0) is 21.8. The van der Waals surface area contributed by atoms with Crippen molar-refractivity contribution >= 4 is 39.9 Å². The Bertz CT molecular complexity index is 1110. The molecule has 0 bridgehead atoms. The standard InChI is InChI=1S/C20H21ClN4O4S2/c1-13-5-10-24-18(11-22-30-24)19(13)31(27,28)23-8-6-14(7-9-23)25-17-4-2-3-16(21)15(17)12-29-20(25)26/h2-5,10-12,14,17,22H,6-9H2,1H3. The Morgan fingerprint density at radius 1 is 1.29 bits per heavy atom. The van der Waals surface area contributed by atoms with E-state index in [1.165, 1.54) is 22.7 Å². The van der Waals surface area contributed by atoms with Gasteiger partial charge in [0.2, 0.25) is 10.0 Å². The summed E-state index contributed by atoms with van der Waals surface area (Å²) in [6.45, 7) is 2.45. The molecule has 31 heavy (non-hydrogen) atoms. The van der Waals surface area contributed by atoms with E-state index in [0.29, 0.717) is 47.1 Å². The van der Waals surface area contributed by atoms with Crippen LogP contribution in [0.3, 0.4) is 0 Å². The van der Waals surface area contributed by atoms with E-state index in [9.17, 15) is 13.2 Å². The van der Waals surface area contributed by atoms with Crippen molar-refractivity contribution in [1.82, 2.24) is 18.2 Å². The van der Waals surface area contributed by atoms with Crippen LogP contribution in [0.4, 0.5) is 4.79 Å². The van der Waals surface area contributed by atoms with Gasteiger partial charge in [0.15, 0.2) is 0 Å². The summed E-state index contributed by atoms with van der Waals surface area (Å²) in [7, 11) is -3.68. The smallest absolute Gasteiger partial charge is 0.415 e. The van der Waals surface area contributed by atoms with E-state index in [4.69, 9.17) is 16.3 Å². The summed E-state index contributed by atoms with van der Waals surface area (Å²) >= 11 is 7.61. The van der Waals surface area contributed by atoms with Gasteiger partial charge in [-0.05, 0) is 37.5 Å². The number of carbonyl (C=O) groups excluding carboxylic acids is 1. The van der Waals surface area contributed by atoms with Crippen LogP contribution < -0.4 is 4.72 Å². The second-order valence-electron chi connectivity index (χ2n) is 7.74. The molecule has 1 unspecified atom stereocenters. The molecule has 1 saturated heterocycles. The van der Waals surface area contributed by atoms with Crippen molar-refractivity contribution in [3.63, 3.8) is 0 Å². The van der Waals surface area contributed by atoms with Crippen molar-refractivity contribution in [2.24, 2.45) is 0 Å². The minimum atomic E-state index is -3.68. The van der Waals surface area contributed by atoms with Gasteiger partial charge < -0.3 is 9.46 Å². The van der Waals surface area contributed by atoms with Crippen molar-refractivity contribution in [2.45, 2.75) is 31.8 Å². The highest BCUT2D eigenvalue weighted by molar-refractivity contribution is 7.96. The molecule has 0 saturated carbocycles. The van der Waals surface area contributed by atoms with Gasteiger partial charge in [-0.1, -0.05) is 23.8 Å². The number of nitrogens with zero attached hydrogens (tertiary/aromatic N) is 3. The second kappa shape index (κ2) is 7.77. The lowest BCUT2D eigenvalue weighted by molar-refractivity contribution is 0.0807. The van der Waals surface area contributed by atoms with Crippen LogP contribution in [0.5, 0.6) is 0 Å². The molecular weight excluding hydrogens is 460 g/mol. The van der Waals surface area contributed by atoms with E-state index in [1.54, 1.807) is 27.6 Å². The van der Waals surface area contributed by atoms with Gasteiger partial charge >= 0.3 is 6.09 Å². The van der Waals surface area contributed by atoms with Crippen LogP contribution >= 0.6 is 23.7 Å². The third kappa shape index (κ3) is 3.42. The lowest BCUT2D eigenvalue weighted by Gasteiger charge is -2.43. The van der Waals surface area contributed by atoms with Crippen LogP contribution in [0, 0.1) is 0 Å². The summed E-state index contributed by atoms with van der Waals surface area (Å²) in [6, 6.07) is -0.429. The molecule has 164 valence electrons. The van der Waals surface area contributed by atoms with Crippen molar-refractivity contribution < 1.29 is 17.9 Å². The first-order valence-electron chi connectivity index (χ1n) is 9.93. The summed E-state index contributed by atoms with van der Waals surface area (Å²) in [4.78, 5) is 14.5. The average molecular weight is 481 g/mol. The molecule has 0 aromatic rings. The summed E-state index contributed by atoms with van der Waals surface area (Å²) in [5, 5.41) is 0.540. The molecular formula is C20H21ClN4O4S2. The molecule has 1 N–H and O–H groups in total. The molecule has 0 aromatic carbocycles. The number of fused-ring (bicyclic) bond motifs is 2. The highest BCUT2D eigenvalue weighted by atomic mass is 35.5. The lowest BCUT2D eigenvalue weighted by Crippen LogP contribution is -2.54. The Morgan fingerprint density at radius 2 is 2.06 bits per heavy atom. The number of allylic oxidation sites excluding steroid dienone is 4. The van der Waals surface area contributed by atoms with E-state index < -0.39 is 16.1 Å². The fourth-order valence-corrected chi connectivity index (χ4v) is 7.21. The summed E-state index contributed by atoms with van der Waals surface area (Å²) < 4.78 is 38.5. The predicted molar refractivity (Wildman–Crippen MR) is 119 cm³/mol. The predicted octanol–water partition coefficient (Wildman–Crippen LogP) is 3.29. The maximum Gasteiger partial charge on any atom is 0.415 e. The van der Waals surface area contributed by atoms with Crippen LogP contribution in [-0.4, -0.2) is 53.2 Å². The Morgan fingerprint density at radius 3 is 2.84 bits per heavy atom. The number of hydrogen-bond acceptors (Lipinski definition) is 7. The summed E-state index contributed by atoms with van der Waals surface area (Å²) in [6.07, 6.45) is 12.9. The molecule has 1 atom stereocenters. The van der Waals surface area contributed by atoms with E-state index in [1.807, 2.05) is 25.3 Å². The number of hydrogen-bond donors (Lipinski definition) is 1. The molecule has 11 heteroatoms. The first-order valence-corrected chi connectivity index (χ1v) is 12.5. The Balaban J connectivity index is 1.34. The third-order valence-corrected chi connectivity index (χ3v) is 9.15. The number of ether oxygens (including phenoxy) is 1. The highest BCUT2D eigenvalue weighted by Gasteiger charge is 2.42. The van der Waals surface area contributed by atoms with Gasteiger partial charge in [0.1, 0.15) is 11.2 Å². The van der Waals surface area contributed by atoms with Gasteiger partial charge in [0.25, 0.3) is 0 Å². The zero-order valence-electron chi connectivity index (χ0n) is 16.7. The fraction of sp³-hybridized carbons (Fsp3) is 0.350.